The molecule has 0 atom stereocenters. The van der Waals surface area contributed by atoms with Gasteiger partial charge in [-0.3, -0.25) is 9.69 Å². The van der Waals surface area contributed by atoms with Gasteiger partial charge in [0.1, 0.15) is 0 Å². The highest BCUT2D eigenvalue weighted by Crippen LogP contribution is 2.46. The van der Waals surface area contributed by atoms with Gasteiger partial charge in [-0.05, 0) is 92.4 Å². The molecule has 4 nitrogen and oxygen atoms in total. The first kappa shape index (κ1) is 20.6. The van der Waals surface area contributed by atoms with E-state index in [1.165, 1.54) is 40.8 Å². The normalized spacial score (nSPS) is 20.6. The zero-order chi connectivity index (χ0) is 21.5. The number of carbonyl (C=O) groups is 1. The Kier molecular flexibility index (Phi) is 5.51. The smallest absolute Gasteiger partial charge is 0.306 e. The van der Waals surface area contributed by atoms with Gasteiger partial charge in [-0.2, -0.15) is 0 Å². The lowest BCUT2D eigenvalue weighted by Gasteiger charge is -2.43. The predicted octanol–water partition coefficient (Wildman–Crippen LogP) is 5.08. The molecule has 0 bridgehead atoms. The van der Waals surface area contributed by atoms with Crippen molar-refractivity contribution in [2.24, 2.45) is 5.92 Å². The van der Waals surface area contributed by atoms with Gasteiger partial charge in [0.15, 0.2) is 0 Å². The third-order valence-electron chi connectivity index (χ3n) is 7.68. The van der Waals surface area contributed by atoms with Gasteiger partial charge in [-0.15, -0.1) is 0 Å². The predicted molar refractivity (Wildman–Crippen MR) is 125 cm³/mol. The van der Waals surface area contributed by atoms with Crippen LogP contribution in [0.4, 0.5) is 5.69 Å². The van der Waals surface area contributed by atoms with Crippen LogP contribution in [0.15, 0.2) is 36.4 Å². The Bertz CT molecular complexity index is 944. The number of hydrogen-bond donors (Lipinski definition) is 1. The van der Waals surface area contributed by atoms with Crippen LogP contribution in [0.3, 0.4) is 0 Å². The first-order valence-corrected chi connectivity index (χ1v) is 11.9. The van der Waals surface area contributed by atoms with Crippen LogP contribution in [0.5, 0.6) is 0 Å². The molecular formula is C27H34N2O2. The summed E-state index contributed by atoms with van der Waals surface area (Å²) < 4.78 is 0. The summed E-state index contributed by atoms with van der Waals surface area (Å²) in [5.41, 5.74) is 8.67. The highest BCUT2D eigenvalue weighted by Gasteiger charge is 2.33. The molecule has 0 amide bonds. The third kappa shape index (κ3) is 4.23. The molecule has 0 spiro atoms. The van der Waals surface area contributed by atoms with Crippen molar-refractivity contribution in [1.82, 2.24) is 4.90 Å². The van der Waals surface area contributed by atoms with Gasteiger partial charge >= 0.3 is 5.97 Å². The lowest BCUT2D eigenvalue weighted by atomic mass is 9.86. The van der Waals surface area contributed by atoms with Gasteiger partial charge in [0.2, 0.25) is 0 Å². The van der Waals surface area contributed by atoms with E-state index in [2.05, 4.69) is 60.0 Å². The summed E-state index contributed by atoms with van der Waals surface area (Å²) in [5.74, 6) is 0.614. The summed E-state index contributed by atoms with van der Waals surface area (Å²) in [4.78, 5) is 16.2. The van der Waals surface area contributed by atoms with Crippen LogP contribution in [-0.2, 0) is 11.3 Å². The van der Waals surface area contributed by atoms with Crippen LogP contribution >= 0.6 is 0 Å². The van der Waals surface area contributed by atoms with Gasteiger partial charge in [-0.1, -0.05) is 30.3 Å². The molecule has 1 aliphatic carbocycles. The minimum absolute atomic E-state index is 0.160. The summed E-state index contributed by atoms with van der Waals surface area (Å²) >= 11 is 0. The van der Waals surface area contributed by atoms with Gasteiger partial charge in [0.25, 0.3) is 0 Å². The van der Waals surface area contributed by atoms with Crippen LogP contribution in [-0.4, -0.2) is 42.2 Å². The topological polar surface area (TPSA) is 43.8 Å². The fourth-order valence-electron chi connectivity index (χ4n) is 5.47. The van der Waals surface area contributed by atoms with Crippen molar-refractivity contribution in [2.45, 2.75) is 57.9 Å². The molecule has 31 heavy (non-hydrogen) atoms. The number of carboxylic acids is 1. The molecule has 5 rings (SSSR count). The molecule has 0 aromatic heterocycles. The second kappa shape index (κ2) is 8.31. The number of piperidine rings is 1. The highest BCUT2D eigenvalue weighted by atomic mass is 16.4. The van der Waals surface area contributed by atoms with Crippen molar-refractivity contribution in [2.75, 3.05) is 31.1 Å². The minimum atomic E-state index is -0.634. The monoisotopic (exact) mass is 418 g/mol. The van der Waals surface area contributed by atoms with Crippen molar-refractivity contribution in [3.05, 3.63) is 64.2 Å². The number of para-hydroxylation sites is 1. The molecule has 164 valence electrons. The summed E-state index contributed by atoms with van der Waals surface area (Å²) in [5, 5.41) is 9.23. The lowest BCUT2D eigenvalue weighted by molar-refractivity contribution is -0.143. The first-order valence-electron chi connectivity index (χ1n) is 11.9. The zero-order valence-electron chi connectivity index (χ0n) is 18.8. The number of carboxylic acid groups (broad SMARTS) is 1. The maximum Gasteiger partial charge on any atom is 0.306 e. The average molecular weight is 419 g/mol. The fourth-order valence-corrected chi connectivity index (χ4v) is 5.47. The SMILES string of the molecule is Cc1cc(C2CN(c3ccccc3C3CC3)C2)cc(C)c1CN1CCC(C(=O)O)CC1. The van der Waals surface area contributed by atoms with Crippen molar-refractivity contribution >= 4 is 11.7 Å². The van der Waals surface area contributed by atoms with Crippen LogP contribution in [0, 0.1) is 19.8 Å². The standard InChI is InChI=1S/C27H34N2O2/c1-18-13-22(14-19(2)25(18)17-28-11-9-21(10-12-28)27(30)31)23-15-29(16-23)26-6-4-3-5-24(26)20-7-8-20/h3-6,13-14,20-21,23H,7-12,15-17H2,1-2H3,(H,30,31). The summed E-state index contributed by atoms with van der Waals surface area (Å²) in [6.07, 6.45) is 4.24. The van der Waals surface area contributed by atoms with Crippen LogP contribution in [0.2, 0.25) is 0 Å². The number of benzene rings is 2. The summed E-state index contributed by atoms with van der Waals surface area (Å²) in [7, 11) is 0. The molecule has 2 aliphatic heterocycles. The van der Waals surface area contributed by atoms with E-state index in [1.54, 1.807) is 5.56 Å². The lowest BCUT2D eigenvalue weighted by Crippen LogP contribution is -2.45. The van der Waals surface area contributed by atoms with E-state index in [-0.39, 0.29) is 5.92 Å². The second-order valence-electron chi connectivity index (χ2n) is 9.96. The van der Waals surface area contributed by atoms with Gasteiger partial charge in [0, 0.05) is 31.2 Å². The Labute approximate surface area is 185 Å². The van der Waals surface area contributed by atoms with Crippen LogP contribution in [0.25, 0.3) is 0 Å². The molecule has 3 aliphatic rings. The zero-order valence-corrected chi connectivity index (χ0v) is 18.8. The average Bonchev–Trinajstić information content (AvgIpc) is 3.56. The van der Waals surface area contributed by atoms with Crippen molar-refractivity contribution in [3.63, 3.8) is 0 Å². The van der Waals surface area contributed by atoms with Crippen LogP contribution in [0.1, 0.15) is 65.3 Å². The molecule has 2 aromatic carbocycles. The largest absolute Gasteiger partial charge is 0.481 e. The number of aliphatic carboxylic acids is 1. The Hall–Kier alpha value is -2.33. The first-order chi connectivity index (χ1) is 15.0. The molecule has 1 saturated carbocycles. The number of nitrogens with zero attached hydrogens (tertiary/aromatic N) is 2. The number of hydrogen-bond acceptors (Lipinski definition) is 3. The van der Waals surface area contributed by atoms with Crippen molar-refractivity contribution in [3.8, 4) is 0 Å². The van der Waals surface area contributed by atoms with Crippen molar-refractivity contribution in [1.29, 1.82) is 0 Å². The van der Waals surface area contributed by atoms with E-state index in [4.69, 9.17) is 0 Å². The van der Waals surface area contributed by atoms with Gasteiger partial charge in [0.05, 0.1) is 5.92 Å². The van der Waals surface area contributed by atoms with Gasteiger partial charge < -0.3 is 10.0 Å². The van der Waals surface area contributed by atoms with E-state index < -0.39 is 5.97 Å². The van der Waals surface area contributed by atoms with Crippen LogP contribution < -0.4 is 4.90 Å². The Balaban J connectivity index is 1.23. The molecule has 2 saturated heterocycles. The molecule has 2 aromatic rings. The molecule has 3 fully saturated rings. The molecule has 0 unspecified atom stereocenters. The quantitative estimate of drug-likeness (QED) is 0.710. The number of aryl methyl sites for hydroxylation is 2. The number of anilines is 1. The fraction of sp³-hybridized carbons (Fsp3) is 0.519. The van der Waals surface area contributed by atoms with E-state index in [1.807, 2.05) is 0 Å². The second-order valence-corrected chi connectivity index (χ2v) is 9.96. The molecule has 2 heterocycles. The van der Waals surface area contributed by atoms with Gasteiger partial charge in [-0.25, -0.2) is 0 Å². The van der Waals surface area contributed by atoms with E-state index in [0.717, 1.165) is 51.5 Å². The Morgan fingerprint density at radius 2 is 1.61 bits per heavy atom. The molecule has 1 N–H and O–H groups in total. The third-order valence-corrected chi connectivity index (χ3v) is 7.68. The molecule has 0 radical (unpaired) electrons. The van der Waals surface area contributed by atoms with Crippen molar-refractivity contribution < 1.29 is 9.90 Å². The minimum Gasteiger partial charge on any atom is -0.481 e. The summed E-state index contributed by atoms with van der Waals surface area (Å²) in [6, 6.07) is 13.8. The molecular weight excluding hydrogens is 384 g/mol. The molecule has 4 heteroatoms. The Morgan fingerprint density at radius 3 is 2.23 bits per heavy atom. The Morgan fingerprint density at radius 1 is 0.968 bits per heavy atom. The van der Waals surface area contributed by atoms with E-state index >= 15 is 0 Å². The number of likely N-dealkylation sites (tertiary alicyclic amines) is 1. The maximum absolute atomic E-state index is 11.2. The van der Waals surface area contributed by atoms with E-state index in [0.29, 0.717) is 5.92 Å². The maximum atomic E-state index is 11.2. The highest BCUT2D eigenvalue weighted by molar-refractivity contribution is 5.70. The summed E-state index contributed by atoms with van der Waals surface area (Å²) in [6.45, 7) is 9.43. The number of rotatable bonds is 6. The van der Waals surface area contributed by atoms with E-state index in [9.17, 15) is 9.90 Å².